The van der Waals surface area contributed by atoms with E-state index in [1.807, 2.05) is 0 Å². The molecule has 0 aliphatic carbocycles. The third kappa shape index (κ3) is 9.50. The van der Waals surface area contributed by atoms with E-state index in [1.54, 1.807) is 36.6 Å². The molecule has 262 valence electrons. The molecule has 4 rings (SSSR count). The van der Waals surface area contributed by atoms with Crippen LogP contribution in [0.3, 0.4) is 0 Å². The Morgan fingerprint density at radius 2 is 1.76 bits per heavy atom. The second-order valence-corrected chi connectivity index (χ2v) is 12.3. The molecule has 1 aromatic heterocycles. The molecule has 0 fully saturated rings. The lowest BCUT2D eigenvalue weighted by atomic mass is 9.84. The maximum Gasteiger partial charge on any atom is 0.342 e. The SMILES string of the molecule is COc1cc(C(CC(=O)NCC(=O)Nc2nccs2)c2c(O)cc3c(c2O)C(=O)O[C@@H](C)CCCC(=O)CCC/C=C/3)cc(OC)c1OC. The lowest BCUT2D eigenvalue weighted by Gasteiger charge is -2.24. The van der Waals surface area contributed by atoms with Gasteiger partial charge in [-0.3, -0.25) is 14.4 Å². The summed E-state index contributed by atoms with van der Waals surface area (Å²) in [5.41, 5.74) is 0.251. The van der Waals surface area contributed by atoms with E-state index in [-0.39, 0.29) is 52.7 Å². The average Bonchev–Trinajstić information content (AvgIpc) is 3.58. The van der Waals surface area contributed by atoms with Crippen LogP contribution in [-0.2, 0) is 19.1 Å². The first kappa shape index (κ1) is 36.7. The number of allylic oxidation sites excluding steroid dienone is 1. The summed E-state index contributed by atoms with van der Waals surface area (Å²) in [6.45, 7) is 1.33. The van der Waals surface area contributed by atoms with Crippen molar-refractivity contribution >= 4 is 46.1 Å². The number of nitrogens with zero attached hydrogens (tertiary/aromatic N) is 1. The topological polar surface area (TPSA) is 183 Å². The van der Waals surface area contributed by atoms with Crippen LogP contribution >= 0.6 is 11.3 Å². The first-order chi connectivity index (χ1) is 23.6. The van der Waals surface area contributed by atoms with Gasteiger partial charge in [0.15, 0.2) is 16.6 Å². The molecule has 0 spiro atoms. The molecule has 1 unspecified atom stereocenters. The first-order valence-electron chi connectivity index (χ1n) is 15.8. The highest BCUT2D eigenvalue weighted by atomic mass is 32.1. The number of benzene rings is 2. The van der Waals surface area contributed by atoms with Crippen molar-refractivity contribution in [3.05, 3.63) is 58.1 Å². The number of carbonyl (C=O) groups is 4. The first-order valence-corrected chi connectivity index (χ1v) is 16.7. The number of phenolic OH excluding ortho intramolecular Hbond substituents is 2. The Hall–Kier alpha value is -5.11. The number of aromatic hydroxyl groups is 2. The van der Waals surface area contributed by atoms with Gasteiger partial charge >= 0.3 is 5.97 Å². The monoisotopic (exact) mass is 695 g/mol. The molecule has 0 saturated carbocycles. The fraction of sp³-hybridized carbons (Fsp3) is 0.400. The van der Waals surface area contributed by atoms with E-state index < -0.39 is 41.3 Å². The average molecular weight is 696 g/mol. The van der Waals surface area contributed by atoms with Crippen molar-refractivity contribution in [1.82, 2.24) is 10.3 Å². The van der Waals surface area contributed by atoms with Crippen molar-refractivity contribution in [3.8, 4) is 28.7 Å². The molecule has 0 bridgehead atoms. The number of rotatable bonds is 10. The molecule has 49 heavy (non-hydrogen) atoms. The number of Topliss-reactive ketones (excluding diaryl/α,β-unsaturated/α-hetero) is 1. The van der Waals surface area contributed by atoms with Gasteiger partial charge in [0.1, 0.15) is 22.8 Å². The number of carbonyl (C=O) groups excluding carboxylic acids is 4. The summed E-state index contributed by atoms with van der Waals surface area (Å²) in [5, 5.41) is 30.5. The molecule has 4 N–H and O–H groups in total. The fourth-order valence-electron chi connectivity index (χ4n) is 5.59. The van der Waals surface area contributed by atoms with Gasteiger partial charge in [0.2, 0.25) is 17.6 Å². The van der Waals surface area contributed by atoms with Crippen LogP contribution in [0, 0.1) is 0 Å². The van der Waals surface area contributed by atoms with Crippen molar-refractivity contribution in [3.63, 3.8) is 0 Å². The highest BCUT2D eigenvalue weighted by molar-refractivity contribution is 7.13. The summed E-state index contributed by atoms with van der Waals surface area (Å²) in [6, 6.07) is 4.47. The zero-order valence-corrected chi connectivity index (χ0v) is 28.7. The van der Waals surface area contributed by atoms with Crippen LogP contribution in [0.5, 0.6) is 28.7 Å². The van der Waals surface area contributed by atoms with E-state index in [2.05, 4.69) is 15.6 Å². The number of methoxy groups -OCH3 is 3. The smallest absolute Gasteiger partial charge is 0.342 e. The number of phenols is 2. The molecule has 13 nitrogen and oxygen atoms in total. The summed E-state index contributed by atoms with van der Waals surface area (Å²) >= 11 is 1.22. The number of ketones is 1. The second kappa shape index (κ2) is 17.3. The van der Waals surface area contributed by atoms with Gasteiger partial charge in [0.25, 0.3) is 0 Å². The van der Waals surface area contributed by atoms with Gasteiger partial charge < -0.3 is 39.8 Å². The van der Waals surface area contributed by atoms with Crippen LogP contribution in [-0.4, -0.2) is 72.7 Å². The minimum atomic E-state index is -1.09. The fourth-order valence-corrected chi connectivity index (χ4v) is 6.14. The normalized spacial score (nSPS) is 16.7. The lowest BCUT2D eigenvalue weighted by molar-refractivity contribution is -0.124. The van der Waals surface area contributed by atoms with Crippen molar-refractivity contribution in [2.75, 3.05) is 33.2 Å². The standard InChI is InChI=1S/C35H41N3O10S/c1-20-9-8-12-23(39)11-7-5-6-10-21-15-25(40)31(32(43)30(21)34(44)48-20)24(22-16-26(45-2)33(47-4)27(17-22)46-3)18-28(41)37-19-29(42)38-35-36-13-14-49-35/h6,10,13-17,20,24,40,43H,5,7-9,11-12,18-19H2,1-4H3,(H,37,41)(H,36,38,42)/b10-6+/t20-,24?/m0/s1. The summed E-state index contributed by atoms with van der Waals surface area (Å²) in [6.07, 6.45) is 6.87. The van der Waals surface area contributed by atoms with Gasteiger partial charge in [-0.05, 0) is 61.9 Å². The predicted octanol–water partition coefficient (Wildman–Crippen LogP) is 5.34. The summed E-state index contributed by atoms with van der Waals surface area (Å²) < 4.78 is 22.2. The van der Waals surface area contributed by atoms with Crippen LogP contribution in [0.1, 0.15) is 84.8 Å². The van der Waals surface area contributed by atoms with Crippen LogP contribution in [0.25, 0.3) is 6.08 Å². The lowest BCUT2D eigenvalue weighted by Crippen LogP contribution is -2.33. The Morgan fingerprint density at radius 1 is 1.04 bits per heavy atom. The number of hydrogen-bond donors (Lipinski definition) is 4. The van der Waals surface area contributed by atoms with E-state index >= 15 is 0 Å². The number of hydrogen-bond acceptors (Lipinski definition) is 12. The second-order valence-electron chi connectivity index (χ2n) is 11.4. The van der Waals surface area contributed by atoms with Gasteiger partial charge in [-0.25, -0.2) is 9.78 Å². The van der Waals surface area contributed by atoms with E-state index in [4.69, 9.17) is 18.9 Å². The van der Waals surface area contributed by atoms with E-state index in [0.717, 1.165) is 0 Å². The highest BCUT2D eigenvalue weighted by Crippen LogP contribution is 2.47. The minimum Gasteiger partial charge on any atom is -0.507 e. The van der Waals surface area contributed by atoms with Gasteiger partial charge in [-0.1, -0.05) is 12.2 Å². The molecule has 2 aromatic carbocycles. The Morgan fingerprint density at radius 3 is 2.41 bits per heavy atom. The van der Waals surface area contributed by atoms with Crippen molar-refractivity contribution in [1.29, 1.82) is 0 Å². The molecule has 2 heterocycles. The van der Waals surface area contributed by atoms with E-state index in [0.29, 0.717) is 49.2 Å². The summed E-state index contributed by atoms with van der Waals surface area (Å²) in [5.74, 6) is -3.08. The van der Waals surface area contributed by atoms with Gasteiger partial charge in [0, 0.05) is 42.3 Å². The van der Waals surface area contributed by atoms with Crippen molar-refractivity contribution in [2.45, 2.75) is 63.9 Å². The zero-order chi connectivity index (χ0) is 35.5. The molecule has 2 amide bonds. The van der Waals surface area contributed by atoms with Crippen molar-refractivity contribution in [2.24, 2.45) is 0 Å². The van der Waals surface area contributed by atoms with Gasteiger partial charge in [0.05, 0.1) is 34.0 Å². The van der Waals surface area contributed by atoms with Crippen LogP contribution < -0.4 is 24.8 Å². The molecule has 3 aromatic rings. The molecular formula is C35H41N3O10S. The van der Waals surface area contributed by atoms with Crippen LogP contribution in [0.4, 0.5) is 5.13 Å². The maximum absolute atomic E-state index is 13.7. The summed E-state index contributed by atoms with van der Waals surface area (Å²) in [7, 11) is 4.28. The quantitative estimate of drug-likeness (QED) is 0.201. The van der Waals surface area contributed by atoms with Gasteiger partial charge in [-0.2, -0.15) is 0 Å². The Bertz CT molecular complexity index is 1660. The molecular weight excluding hydrogens is 654 g/mol. The number of ether oxygens (including phenoxy) is 4. The largest absolute Gasteiger partial charge is 0.507 e. The third-order valence-corrected chi connectivity index (χ3v) is 8.69. The van der Waals surface area contributed by atoms with E-state index in [9.17, 15) is 29.4 Å². The molecule has 1 aliphatic heterocycles. The molecule has 0 saturated heterocycles. The van der Waals surface area contributed by atoms with Crippen LogP contribution in [0.15, 0.2) is 35.9 Å². The molecule has 0 radical (unpaired) electrons. The van der Waals surface area contributed by atoms with Crippen LogP contribution in [0.2, 0.25) is 0 Å². The number of thiazole rings is 1. The number of esters is 1. The van der Waals surface area contributed by atoms with E-state index in [1.165, 1.54) is 44.9 Å². The Labute approximate surface area is 288 Å². The number of nitrogens with one attached hydrogen (secondary N) is 2. The number of aromatic nitrogens is 1. The molecule has 2 atom stereocenters. The van der Waals surface area contributed by atoms with Gasteiger partial charge in [-0.15, -0.1) is 11.3 Å². The Kier molecular flexibility index (Phi) is 13.0. The molecule has 14 heteroatoms. The number of amides is 2. The highest BCUT2D eigenvalue weighted by Gasteiger charge is 2.32. The number of cyclic esters (lactones) is 1. The number of anilines is 1. The zero-order valence-electron chi connectivity index (χ0n) is 27.9. The number of fused-ring (bicyclic) bond motifs is 1. The summed E-state index contributed by atoms with van der Waals surface area (Å²) in [4.78, 5) is 55.7. The predicted molar refractivity (Wildman–Crippen MR) is 183 cm³/mol. The Balaban J connectivity index is 1.79. The third-order valence-electron chi connectivity index (χ3n) is 8.00. The maximum atomic E-state index is 13.7. The van der Waals surface area contributed by atoms with Crippen molar-refractivity contribution < 1.29 is 48.3 Å². The minimum absolute atomic E-state index is 0.125. The molecule has 1 aliphatic rings.